The molecule has 0 bridgehead atoms. The maximum Gasteiger partial charge on any atom is 0.203 e. The Morgan fingerprint density at radius 2 is 1.75 bits per heavy atom. The smallest absolute Gasteiger partial charge is 0.203 e. The predicted octanol–water partition coefficient (Wildman–Crippen LogP) is 3.78. The fourth-order valence-corrected chi connectivity index (χ4v) is 3.78. The summed E-state index contributed by atoms with van der Waals surface area (Å²) in [4.78, 5) is 2.46. The number of fused-ring (bicyclic) bond motifs is 1. The molecule has 24 heavy (non-hydrogen) atoms. The molecule has 1 saturated heterocycles. The molecule has 0 aliphatic carbocycles. The Balaban J connectivity index is 1.37. The van der Waals surface area contributed by atoms with E-state index in [1.54, 1.807) is 0 Å². The molecule has 1 fully saturated rings. The lowest BCUT2D eigenvalue weighted by molar-refractivity contribution is 0.140. The number of pyridine rings is 1. The Bertz CT molecular complexity index is 860. The van der Waals surface area contributed by atoms with Crippen LogP contribution in [0.4, 0.5) is 0 Å². The molecule has 4 nitrogen and oxygen atoms in total. The Labute approximate surface area is 147 Å². The summed E-state index contributed by atoms with van der Waals surface area (Å²) < 4.78 is 4.69. The monoisotopic (exact) mass is 338 g/mol. The van der Waals surface area contributed by atoms with Crippen LogP contribution in [-0.2, 0) is 13.1 Å². The van der Waals surface area contributed by atoms with Gasteiger partial charge in [-0.15, -0.1) is 0 Å². The minimum Gasteiger partial charge on any atom is -0.284 e. The number of likely N-dealkylation sites (tertiary alicyclic amines) is 1. The normalized spacial score (nSPS) is 16.7. The number of piperidine rings is 1. The maximum atomic E-state index is 5.54. The van der Waals surface area contributed by atoms with Gasteiger partial charge in [0, 0.05) is 19.3 Å². The van der Waals surface area contributed by atoms with Gasteiger partial charge in [-0.3, -0.25) is 9.30 Å². The summed E-state index contributed by atoms with van der Waals surface area (Å²) in [6.07, 6.45) is 5.67. The van der Waals surface area contributed by atoms with Gasteiger partial charge in [-0.25, -0.2) is 4.68 Å². The van der Waals surface area contributed by atoms with E-state index in [1.807, 2.05) is 33.5 Å². The van der Waals surface area contributed by atoms with Crippen LogP contribution in [0.5, 0.6) is 0 Å². The molecule has 124 valence electrons. The van der Waals surface area contributed by atoms with Crippen molar-refractivity contribution in [3.63, 3.8) is 0 Å². The highest BCUT2D eigenvalue weighted by molar-refractivity contribution is 7.71. The van der Waals surface area contributed by atoms with E-state index in [1.165, 1.54) is 24.8 Å². The summed E-state index contributed by atoms with van der Waals surface area (Å²) in [5.74, 6) is 0.790. The second-order valence-electron chi connectivity index (χ2n) is 6.60. The average molecular weight is 338 g/mol. The van der Waals surface area contributed by atoms with Crippen LogP contribution in [0.1, 0.15) is 18.4 Å². The summed E-state index contributed by atoms with van der Waals surface area (Å²) in [7, 11) is 0. The van der Waals surface area contributed by atoms with Crippen molar-refractivity contribution in [3.05, 3.63) is 65.1 Å². The number of rotatable bonds is 4. The van der Waals surface area contributed by atoms with Crippen molar-refractivity contribution in [2.75, 3.05) is 13.1 Å². The molecule has 1 aliphatic heterocycles. The predicted molar refractivity (Wildman–Crippen MR) is 98.5 cm³/mol. The van der Waals surface area contributed by atoms with Crippen LogP contribution in [-0.4, -0.2) is 32.2 Å². The quantitative estimate of drug-likeness (QED) is 0.677. The first-order valence-electron chi connectivity index (χ1n) is 8.60. The Kier molecular flexibility index (Phi) is 4.45. The molecule has 1 aromatic carbocycles. The molecule has 0 radical (unpaired) electrons. The minimum atomic E-state index is 0.775. The minimum absolute atomic E-state index is 0.775. The fraction of sp³-hybridized carbons (Fsp3) is 0.368. The molecule has 2 aromatic heterocycles. The van der Waals surface area contributed by atoms with Gasteiger partial charge in [0.25, 0.3) is 0 Å². The third-order valence-electron chi connectivity index (χ3n) is 4.90. The van der Waals surface area contributed by atoms with Crippen molar-refractivity contribution >= 4 is 17.9 Å². The molecule has 0 amide bonds. The third-order valence-corrected chi connectivity index (χ3v) is 5.30. The van der Waals surface area contributed by atoms with Gasteiger partial charge in [-0.05, 0) is 55.1 Å². The maximum absolute atomic E-state index is 5.54. The molecular weight excluding hydrogens is 316 g/mol. The second kappa shape index (κ2) is 6.87. The van der Waals surface area contributed by atoms with Gasteiger partial charge in [0.15, 0.2) is 5.65 Å². The molecular formula is C19H22N4S. The second-order valence-corrected chi connectivity index (χ2v) is 6.97. The highest BCUT2D eigenvalue weighted by atomic mass is 32.1. The van der Waals surface area contributed by atoms with Crippen molar-refractivity contribution in [2.24, 2.45) is 5.92 Å². The van der Waals surface area contributed by atoms with E-state index < -0.39 is 0 Å². The van der Waals surface area contributed by atoms with E-state index in [9.17, 15) is 0 Å². The summed E-state index contributed by atoms with van der Waals surface area (Å²) in [5.41, 5.74) is 2.37. The molecule has 4 rings (SSSR count). The number of hydrogen-bond acceptors (Lipinski definition) is 3. The van der Waals surface area contributed by atoms with Crippen molar-refractivity contribution < 1.29 is 0 Å². The Morgan fingerprint density at radius 1 is 1.00 bits per heavy atom. The first-order valence-corrected chi connectivity index (χ1v) is 9.01. The van der Waals surface area contributed by atoms with E-state index in [2.05, 4.69) is 40.3 Å². The molecule has 3 heterocycles. The van der Waals surface area contributed by atoms with E-state index in [0.29, 0.717) is 0 Å². The van der Waals surface area contributed by atoms with Crippen LogP contribution >= 0.6 is 12.2 Å². The van der Waals surface area contributed by atoms with E-state index in [0.717, 1.165) is 36.1 Å². The van der Waals surface area contributed by atoms with Gasteiger partial charge in [0.05, 0.1) is 6.67 Å². The zero-order valence-electron chi connectivity index (χ0n) is 13.7. The van der Waals surface area contributed by atoms with Gasteiger partial charge >= 0.3 is 0 Å². The van der Waals surface area contributed by atoms with E-state index in [-0.39, 0.29) is 0 Å². The van der Waals surface area contributed by atoms with Crippen LogP contribution in [0, 0.1) is 10.7 Å². The van der Waals surface area contributed by atoms with Crippen LogP contribution in [0.15, 0.2) is 54.7 Å². The number of nitrogens with zero attached hydrogens (tertiary/aromatic N) is 4. The largest absolute Gasteiger partial charge is 0.284 e. The molecule has 0 N–H and O–H groups in total. The molecule has 3 aromatic rings. The lowest BCUT2D eigenvalue weighted by atomic mass is 9.90. The standard InChI is InChI=1S/C19H22N4S/c24-19-22-11-5-4-8-18(22)20-23(19)15-21-12-9-17(10-13-21)14-16-6-2-1-3-7-16/h1-8,11,17H,9-10,12-15H2. The van der Waals surface area contributed by atoms with Gasteiger partial charge in [-0.2, -0.15) is 5.10 Å². The topological polar surface area (TPSA) is 25.5 Å². The van der Waals surface area contributed by atoms with Crippen molar-refractivity contribution in [1.29, 1.82) is 0 Å². The zero-order chi connectivity index (χ0) is 16.4. The van der Waals surface area contributed by atoms with Crippen molar-refractivity contribution in [3.8, 4) is 0 Å². The lowest BCUT2D eigenvalue weighted by Crippen LogP contribution is -2.36. The number of hydrogen-bond donors (Lipinski definition) is 0. The molecule has 5 heteroatoms. The fourth-order valence-electron chi connectivity index (χ4n) is 3.53. The van der Waals surface area contributed by atoms with Crippen molar-refractivity contribution in [1.82, 2.24) is 19.1 Å². The Hall–Kier alpha value is -1.98. The number of benzene rings is 1. The number of aromatic nitrogens is 3. The van der Waals surface area contributed by atoms with Crippen LogP contribution in [0.3, 0.4) is 0 Å². The average Bonchev–Trinajstić information content (AvgIpc) is 2.94. The van der Waals surface area contributed by atoms with Gasteiger partial charge < -0.3 is 0 Å². The zero-order valence-corrected chi connectivity index (χ0v) is 14.5. The molecule has 0 saturated carbocycles. The third kappa shape index (κ3) is 3.28. The van der Waals surface area contributed by atoms with Crippen molar-refractivity contribution in [2.45, 2.75) is 25.9 Å². The van der Waals surface area contributed by atoms with E-state index in [4.69, 9.17) is 12.2 Å². The summed E-state index contributed by atoms with van der Waals surface area (Å²) >= 11 is 5.54. The summed E-state index contributed by atoms with van der Waals surface area (Å²) in [5, 5.41) is 4.63. The van der Waals surface area contributed by atoms with Gasteiger partial charge in [0.1, 0.15) is 0 Å². The van der Waals surface area contributed by atoms with Gasteiger partial charge in [-0.1, -0.05) is 36.4 Å². The highest BCUT2D eigenvalue weighted by Crippen LogP contribution is 2.22. The van der Waals surface area contributed by atoms with Gasteiger partial charge in [0.2, 0.25) is 4.77 Å². The van der Waals surface area contributed by atoms with E-state index >= 15 is 0 Å². The molecule has 0 unspecified atom stereocenters. The van der Waals surface area contributed by atoms with Crippen LogP contribution < -0.4 is 0 Å². The first-order chi connectivity index (χ1) is 11.8. The highest BCUT2D eigenvalue weighted by Gasteiger charge is 2.20. The van der Waals surface area contributed by atoms with Crippen LogP contribution in [0.25, 0.3) is 5.65 Å². The molecule has 1 aliphatic rings. The molecule has 0 atom stereocenters. The first kappa shape index (κ1) is 15.5. The lowest BCUT2D eigenvalue weighted by Gasteiger charge is -2.31. The Morgan fingerprint density at radius 3 is 2.50 bits per heavy atom. The summed E-state index contributed by atoms with van der Waals surface area (Å²) in [6, 6.07) is 16.8. The van der Waals surface area contributed by atoms with Crippen LogP contribution in [0.2, 0.25) is 0 Å². The SMILES string of the molecule is S=c1n(CN2CCC(Cc3ccccc3)CC2)nc2ccccn12. The summed E-state index contributed by atoms with van der Waals surface area (Å²) in [6.45, 7) is 3.03. The molecule has 0 spiro atoms.